The maximum absolute atomic E-state index is 11.8. The molecule has 0 unspecified atom stereocenters. The van der Waals surface area contributed by atoms with Crippen molar-refractivity contribution in [3.63, 3.8) is 0 Å². The van der Waals surface area contributed by atoms with Gasteiger partial charge in [0.1, 0.15) is 0 Å². The topological polar surface area (TPSA) is 35.5 Å². The number of hydrogen-bond acceptors (Lipinski definition) is 4. The number of carbonyl (C=O) groups excluding carboxylic acids is 1. The van der Waals surface area contributed by atoms with Crippen LogP contribution in [0.5, 0.6) is 0 Å². The smallest absolute Gasteiger partial charge is 0.405 e. The third kappa shape index (κ3) is 7.94. The molecular formula is C15H22BO3SY-. The summed E-state index contributed by atoms with van der Waals surface area (Å²) in [4.78, 5) is 11.8. The molecule has 1 rings (SSSR count). The average Bonchev–Trinajstić information content (AvgIpc) is 2.37. The van der Waals surface area contributed by atoms with E-state index >= 15 is 0 Å². The second kappa shape index (κ2) is 11.0. The second-order valence-corrected chi connectivity index (χ2v) is 5.79. The summed E-state index contributed by atoms with van der Waals surface area (Å²) < 4.78 is 11.5. The van der Waals surface area contributed by atoms with Crippen molar-refractivity contribution in [2.24, 2.45) is 0 Å². The van der Waals surface area contributed by atoms with E-state index in [0.29, 0.717) is 11.3 Å². The molecule has 0 fully saturated rings. The van der Waals surface area contributed by atoms with E-state index < -0.39 is 7.12 Å². The molecule has 0 aliphatic carbocycles. The van der Waals surface area contributed by atoms with Crippen LogP contribution in [0.25, 0.3) is 0 Å². The van der Waals surface area contributed by atoms with Crippen LogP contribution in [0, 0.1) is 6.26 Å². The molecule has 3 nitrogen and oxygen atoms in total. The molecule has 113 valence electrons. The first kappa shape index (κ1) is 21.3. The van der Waals surface area contributed by atoms with Crippen LogP contribution >= 0.6 is 11.8 Å². The zero-order chi connectivity index (χ0) is 15.1. The fraction of sp³-hybridized carbons (Fsp3) is 0.467. The van der Waals surface area contributed by atoms with Crippen LogP contribution in [-0.2, 0) is 42.0 Å². The molecule has 0 saturated heterocycles. The predicted octanol–water partition coefficient (Wildman–Crippen LogP) is 2.94. The summed E-state index contributed by atoms with van der Waals surface area (Å²) >= 11 is 1.28. The fourth-order valence-corrected chi connectivity index (χ4v) is 2.04. The molecule has 0 aromatic heterocycles. The van der Waals surface area contributed by atoms with Crippen molar-refractivity contribution in [3.8, 4) is 0 Å². The standard InChI is InChI=1S/C15H22BO3S.Y/c1-11(2)18-16(19-12(3)4)14-8-6-13(7-9-14)15(17)10-20-5;/h6-9,11-12H,5,10H2,1-4H3;/q-1;. The summed E-state index contributed by atoms with van der Waals surface area (Å²) in [6.07, 6.45) is 3.76. The predicted molar refractivity (Wildman–Crippen MR) is 86.4 cm³/mol. The maximum Gasteiger partial charge on any atom is 0.494 e. The Hall–Kier alpha value is 0.329. The molecule has 0 atom stereocenters. The minimum absolute atomic E-state index is 0. The van der Waals surface area contributed by atoms with E-state index in [4.69, 9.17) is 9.31 Å². The number of hydrogen-bond donors (Lipinski definition) is 0. The van der Waals surface area contributed by atoms with E-state index in [1.807, 2.05) is 52.0 Å². The summed E-state index contributed by atoms with van der Waals surface area (Å²) in [5.41, 5.74) is 1.61. The number of Topliss-reactive ketones (excluding diaryl/α,β-unsaturated/α-hetero) is 1. The van der Waals surface area contributed by atoms with Gasteiger partial charge in [-0.3, -0.25) is 11.1 Å². The molecule has 6 heteroatoms. The van der Waals surface area contributed by atoms with E-state index in [1.165, 1.54) is 11.8 Å². The molecule has 0 saturated carbocycles. The molecule has 0 bridgehead atoms. The van der Waals surface area contributed by atoms with Crippen molar-refractivity contribution in [1.29, 1.82) is 0 Å². The van der Waals surface area contributed by atoms with Crippen LogP contribution in [0.15, 0.2) is 24.3 Å². The van der Waals surface area contributed by atoms with Gasteiger partial charge in [0.25, 0.3) is 0 Å². The molecule has 0 N–H and O–H groups in total. The van der Waals surface area contributed by atoms with E-state index in [-0.39, 0.29) is 50.7 Å². The number of benzene rings is 1. The van der Waals surface area contributed by atoms with Crippen LogP contribution in [0.2, 0.25) is 0 Å². The Morgan fingerprint density at radius 2 is 1.62 bits per heavy atom. The number of ketones is 1. The summed E-state index contributed by atoms with van der Waals surface area (Å²) in [6, 6.07) is 7.40. The van der Waals surface area contributed by atoms with Crippen molar-refractivity contribution < 1.29 is 46.8 Å². The van der Waals surface area contributed by atoms with Crippen LogP contribution in [0.3, 0.4) is 0 Å². The van der Waals surface area contributed by atoms with Crippen LogP contribution in [0.1, 0.15) is 38.1 Å². The van der Waals surface area contributed by atoms with Gasteiger partial charge < -0.3 is 21.1 Å². The first-order valence-corrected chi connectivity index (χ1v) is 7.90. The number of thioether (sulfide) groups is 1. The van der Waals surface area contributed by atoms with E-state index in [2.05, 4.69) is 6.26 Å². The van der Waals surface area contributed by atoms with Crippen molar-refractivity contribution in [2.75, 3.05) is 5.75 Å². The summed E-state index contributed by atoms with van der Waals surface area (Å²) in [5.74, 6) is 0.482. The Kier molecular flexibility index (Phi) is 11.1. The monoisotopic (exact) mass is 382 g/mol. The van der Waals surface area contributed by atoms with Crippen molar-refractivity contribution in [1.82, 2.24) is 0 Å². The van der Waals surface area contributed by atoms with Gasteiger partial charge in [-0.25, -0.2) is 0 Å². The Labute approximate surface area is 158 Å². The minimum Gasteiger partial charge on any atom is -0.405 e. The van der Waals surface area contributed by atoms with E-state index in [9.17, 15) is 4.79 Å². The van der Waals surface area contributed by atoms with Gasteiger partial charge in [0.05, 0.1) is 0 Å². The molecule has 0 spiro atoms. The molecule has 0 amide bonds. The molecule has 0 heterocycles. The van der Waals surface area contributed by atoms with Gasteiger partial charge in [-0.2, -0.15) is 0 Å². The largest absolute Gasteiger partial charge is 0.494 e. The number of rotatable bonds is 8. The van der Waals surface area contributed by atoms with Gasteiger partial charge in [0.15, 0.2) is 5.78 Å². The van der Waals surface area contributed by atoms with Gasteiger partial charge in [-0.1, -0.05) is 24.3 Å². The van der Waals surface area contributed by atoms with Gasteiger partial charge >= 0.3 is 7.12 Å². The zero-order valence-electron chi connectivity index (χ0n) is 13.2. The Balaban J connectivity index is 0.00000400. The Morgan fingerprint density at radius 1 is 1.14 bits per heavy atom. The molecule has 1 aromatic rings. The molecule has 0 aliphatic heterocycles. The van der Waals surface area contributed by atoms with Gasteiger partial charge in [-0.05, 0) is 33.2 Å². The maximum atomic E-state index is 11.8. The average molecular weight is 382 g/mol. The second-order valence-electron chi connectivity index (χ2n) is 5.10. The van der Waals surface area contributed by atoms with Crippen LogP contribution < -0.4 is 5.46 Å². The van der Waals surface area contributed by atoms with Gasteiger partial charge in [0, 0.05) is 56.2 Å². The third-order valence-electron chi connectivity index (χ3n) is 2.53. The van der Waals surface area contributed by atoms with Crippen LogP contribution in [0.4, 0.5) is 0 Å². The van der Waals surface area contributed by atoms with Gasteiger partial charge in [-0.15, -0.1) is 0 Å². The molecule has 1 aromatic carbocycles. The summed E-state index contributed by atoms with van der Waals surface area (Å²) in [6.45, 7) is 7.89. The molecule has 0 aliphatic rings. The third-order valence-corrected chi connectivity index (χ3v) is 3.00. The normalized spacial score (nSPS) is 10.6. The Morgan fingerprint density at radius 3 is 2.00 bits per heavy atom. The fourth-order valence-electron chi connectivity index (χ4n) is 1.69. The first-order valence-electron chi connectivity index (χ1n) is 6.75. The quantitative estimate of drug-likeness (QED) is 0.394. The van der Waals surface area contributed by atoms with Crippen molar-refractivity contribution in [3.05, 3.63) is 36.1 Å². The SMILES string of the molecule is [CH2-]SCC(=O)c1ccc(B(OC(C)C)OC(C)C)cc1.[Y]. The van der Waals surface area contributed by atoms with Gasteiger partial charge in [0.2, 0.25) is 0 Å². The molecular weight excluding hydrogens is 360 g/mol. The molecule has 1 radical (unpaired) electrons. The first-order chi connectivity index (χ1) is 9.43. The summed E-state index contributed by atoms with van der Waals surface area (Å²) in [5, 5.41) is 0. The van der Waals surface area contributed by atoms with Crippen LogP contribution in [-0.4, -0.2) is 30.9 Å². The van der Waals surface area contributed by atoms with E-state index in [1.54, 1.807) is 0 Å². The van der Waals surface area contributed by atoms with E-state index in [0.717, 1.165) is 5.46 Å². The Bertz CT molecular complexity index is 413. The number of carbonyl (C=O) groups is 1. The zero-order valence-corrected chi connectivity index (χ0v) is 16.8. The summed E-state index contributed by atoms with van der Waals surface area (Å²) in [7, 11) is -0.402. The van der Waals surface area contributed by atoms with Crippen molar-refractivity contribution in [2.45, 2.75) is 39.9 Å². The minimum atomic E-state index is -0.402. The van der Waals surface area contributed by atoms with Crippen molar-refractivity contribution >= 4 is 30.1 Å². The molecule has 21 heavy (non-hydrogen) atoms.